The Balaban J connectivity index is 0.00000200. The topological polar surface area (TPSA) is 129 Å². The van der Waals surface area contributed by atoms with Crippen molar-refractivity contribution >= 4 is 90.1 Å². The van der Waals surface area contributed by atoms with Crippen LogP contribution in [0.1, 0.15) is 0 Å². The molecule has 0 atom stereocenters. The SMILES string of the molecule is O=S(=O)(O)c1ccc2cc(O)c(S(=O)(=O)O)cc2c1.[Na].[Na]. The molecule has 0 fully saturated rings. The molecule has 0 heterocycles. The van der Waals surface area contributed by atoms with Gasteiger partial charge in [0.1, 0.15) is 10.6 Å². The quantitative estimate of drug-likeness (QED) is 0.524. The Bertz CT molecular complexity index is 876. The zero-order chi connectivity index (χ0) is 14.4. The molecule has 7 nitrogen and oxygen atoms in total. The van der Waals surface area contributed by atoms with Gasteiger partial charge < -0.3 is 5.11 Å². The third kappa shape index (κ3) is 4.90. The molecule has 2 aromatic carbocycles. The van der Waals surface area contributed by atoms with E-state index in [4.69, 9.17) is 9.11 Å². The number of hydrogen-bond donors (Lipinski definition) is 3. The molecule has 0 aliphatic rings. The average Bonchev–Trinajstić information content (AvgIpc) is 2.24. The zero-order valence-corrected chi connectivity index (χ0v) is 16.8. The molecule has 0 saturated carbocycles. The van der Waals surface area contributed by atoms with E-state index in [-0.39, 0.29) is 64.5 Å². The van der Waals surface area contributed by atoms with Crippen molar-refractivity contribution in [2.75, 3.05) is 0 Å². The van der Waals surface area contributed by atoms with E-state index in [1.165, 1.54) is 6.07 Å². The molecule has 2 rings (SSSR count). The third-order valence-electron chi connectivity index (χ3n) is 2.47. The number of fused-ring (bicyclic) bond motifs is 1. The first kappa shape index (κ1) is 21.3. The summed E-state index contributed by atoms with van der Waals surface area (Å²) in [5.74, 6) is -0.658. The molecule has 0 spiro atoms. The molecule has 3 N–H and O–H groups in total. The number of benzene rings is 2. The number of phenols is 1. The molecule has 0 amide bonds. The van der Waals surface area contributed by atoms with Crippen LogP contribution < -0.4 is 0 Å². The Morgan fingerprint density at radius 1 is 0.762 bits per heavy atom. The minimum absolute atomic E-state index is 0. The molecule has 0 aromatic heterocycles. The maximum Gasteiger partial charge on any atom is 0.298 e. The van der Waals surface area contributed by atoms with Crippen LogP contribution >= 0.6 is 0 Å². The van der Waals surface area contributed by atoms with Crippen molar-refractivity contribution in [1.82, 2.24) is 0 Å². The van der Waals surface area contributed by atoms with E-state index in [0.29, 0.717) is 5.39 Å². The van der Waals surface area contributed by atoms with Crippen molar-refractivity contribution in [3.63, 3.8) is 0 Å². The second-order valence-electron chi connectivity index (χ2n) is 3.78. The van der Waals surface area contributed by atoms with Crippen molar-refractivity contribution in [1.29, 1.82) is 0 Å². The molecule has 2 radical (unpaired) electrons. The van der Waals surface area contributed by atoms with Crippen molar-refractivity contribution in [3.05, 3.63) is 30.3 Å². The van der Waals surface area contributed by atoms with Gasteiger partial charge in [0.25, 0.3) is 20.2 Å². The largest absolute Gasteiger partial charge is 0.506 e. The van der Waals surface area contributed by atoms with Gasteiger partial charge in [-0.05, 0) is 35.0 Å². The summed E-state index contributed by atoms with van der Waals surface area (Å²) < 4.78 is 61.7. The molecule has 0 aliphatic heterocycles. The molecular formula is C10H8Na2O7S2. The average molecular weight is 350 g/mol. The predicted molar refractivity (Wildman–Crippen MR) is 76.8 cm³/mol. The molecule has 2 aromatic rings. The monoisotopic (exact) mass is 350 g/mol. The predicted octanol–water partition coefficient (Wildman–Crippen LogP) is 0.277. The van der Waals surface area contributed by atoms with Gasteiger partial charge in [0.2, 0.25) is 0 Å². The summed E-state index contributed by atoms with van der Waals surface area (Å²) in [4.78, 5) is -1.17. The van der Waals surface area contributed by atoms with Gasteiger partial charge in [0.15, 0.2) is 0 Å². The van der Waals surface area contributed by atoms with Crippen LogP contribution in [-0.4, -0.2) is 90.2 Å². The summed E-state index contributed by atoms with van der Waals surface area (Å²) >= 11 is 0. The van der Waals surface area contributed by atoms with E-state index in [9.17, 15) is 21.9 Å². The Hall–Kier alpha value is 0.320. The summed E-state index contributed by atoms with van der Waals surface area (Å²) in [6.45, 7) is 0. The normalized spacial score (nSPS) is 11.5. The van der Waals surface area contributed by atoms with E-state index >= 15 is 0 Å². The minimum atomic E-state index is -4.64. The Morgan fingerprint density at radius 2 is 1.33 bits per heavy atom. The molecule has 21 heavy (non-hydrogen) atoms. The fourth-order valence-electron chi connectivity index (χ4n) is 1.61. The van der Waals surface area contributed by atoms with Gasteiger partial charge in [-0.25, -0.2) is 0 Å². The maximum absolute atomic E-state index is 11.0. The van der Waals surface area contributed by atoms with Crippen LogP contribution in [0.3, 0.4) is 0 Å². The van der Waals surface area contributed by atoms with Crippen LogP contribution in [0, 0.1) is 0 Å². The first-order chi connectivity index (χ1) is 8.59. The van der Waals surface area contributed by atoms with Crippen LogP contribution in [-0.2, 0) is 20.2 Å². The van der Waals surface area contributed by atoms with Crippen LogP contribution in [0.15, 0.2) is 40.1 Å². The van der Waals surface area contributed by atoms with Crippen LogP contribution in [0.5, 0.6) is 5.75 Å². The molecule has 0 saturated heterocycles. The summed E-state index contributed by atoms with van der Waals surface area (Å²) in [6.07, 6.45) is 0. The first-order valence-corrected chi connectivity index (χ1v) is 7.69. The van der Waals surface area contributed by atoms with Gasteiger partial charge in [0, 0.05) is 59.1 Å². The number of hydrogen-bond acceptors (Lipinski definition) is 5. The van der Waals surface area contributed by atoms with Gasteiger partial charge in [0.05, 0.1) is 4.90 Å². The Labute approximate surface area is 165 Å². The molecule has 0 bridgehead atoms. The maximum atomic E-state index is 11.0. The van der Waals surface area contributed by atoms with Crippen molar-refractivity contribution in [2.45, 2.75) is 9.79 Å². The molecule has 0 aliphatic carbocycles. The first-order valence-electron chi connectivity index (χ1n) is 4.81. The van der Waals surface area contributed by atoms with Crippen molar-refractivity contribution in [3.8, 4) is 5.75 Å². The van der Waals surface area contributed by atoms with Crippen LogP contribution in [0.2, 0.25) is 0 Å². The van der Waals surface area contributed by atoms with Gasteiger partial charge in [-0.15, -0.1) is 0 Å². The number of aromatic hydroxyl groups is 1. The fraction of sp³-hybridized carbons (Fsp3) is 0. The molecule has 11 heteroatoms. The molecular weight excluding hydrogens is 342 g/mol. The van der Waals surface area contributed by atoms with Crippen molar-refractivity contribution < 1.29 is 31.0 Å². The van der Waals surface area contributed by atoms with Crippen LogP contribution in [0.25, 0.3) is 10.8 Å². The minimum Gasteiger partial charge on any atom is -0.506 e. The Kier molecular flexibility index (Phi) is 7.37. The standard InChI is InChI=1S/C10H8O7S2.2Na/c11-9-4-6-1-2-8(18(12,13)14)3-7(6)5-10(9)19(15,16)17;;/h1-5,11H,(H,12,13,14)(H,15,16,17);;. The summed E-state index contributed by atoms with van der Waals surface area (Å²) in [6, 6.07) is 5.38. The second-order valence-corrected chi connectivity index (χ2v) is 6.59. The van der Waals surface area contributed by atoms with Gasteiger partial charge >= 0.3 is 0 Å². The van der Waals surface area contributed by atoms with Crippen LogP contribution in [0.4, 0.5) is 0 Å². The van der Waals surface area contributed by atoms with E-state index in [1.807, 2.05) is 0 Å². The number of rotatable bonds is 2. The van der Waals surface area contributed by atoms with E-state index in [1.54, 1.807) is 0 Å². The summed E-state index contributed by atoms with van der Waals surface area (Å²) in [5.41, 5.74) is 0. The zero-order valence-electron chi connectivity index (χ0n) is 11.2. The van der Waals surface area contributed by atoms with E-state index in [2.05, 4.69) is 0 Å². The smallest absolute Gasteiger partial charge is 0.298 e. The number of phenolic OH excluding ortho intramolecular Hbond substituents is 1. The molecule has 104 valence electrons. The summed E-state index contributed by atoms with van der Waals surface area (Å²) in [5, 5.41) is 9.94. The van der Waals surface area contributed by atoms with Gasteiger partial charge in [-0.3, -0.25) is 9.11 Å². The van der Waals surface area contributed by atoms with E-state index in [0.717, 1.165) is 24.3 Å². The second kappa shape index (κ2) is 7.26. The Morgan fingerprint density at radius 3 is 1.81 bits per heavy atom. The fourth-order valence-corrected chi connectivity index (χ4v) is 2.72. The summed E-state index contributed by atoms with van der Waals surface area (Å²) in [7, 11) is -9.06. The van der Waals surface area contributed by atoms with Gasteiger partial charge in [-0.1, -0.05) is 6.07 Å². The van der Waals surface area contributed by atoms with Gasteiger partial charge in [-0.2, -0.15) is 16.8 Å². The molecule has 0 unspecified atom stereocenters. The van der Waals surface area contributed by atoms with Crippen molar-refractivity contribution in [2.24, 2.45) is 0 Å². The van der Waals surface area contributed by atoms with E-state index < -0.39 is 35.8 Å². The third-order valence-corrected chi connectivity index (χ3v) is 4.20.